The first-order chi connectivity index (χ1) is 12.9. The Kier molecular flexibility index (Phi) is 5.54. The third-order valence-corrected chi connectivity index (χ3v) is 4.32. The van der Waals surface area contributed by atoms with Gasteiger partial charge in [0.15, 0.2) is 5.75 Å². The molecule has 27 heavy (non-hydrogen) atoms. The first-order valence-electron chi connectivity index (χ1n) is 8.44. The van der Waals surface area contributed by atoms with Crippen LogP contribution in [0.5, 0.6) is 11.5 Å². The number of likely N-dealkylation sites (tertiary alicyclic amines) is 1. The van der Waals surface area contributed by atoms with Gasteiger partial charge in [0.25, 0.3) is 0 Å². The van der Waals surface area contributed by atoms with Crippen molar-refractivity contribution in [1.29, 1.82) is 0 Å². The maximum absolute atomic E-state index is 13.3. The minimum absolute atomic E-state index is 0.0310. The lowest BCUT2D eigenvalue weighted by Gasteiger charge is -2.30. The van der Waals surface area contributed by atoms with E-state index in [1.54, 1.807) is 24.3 Å². The molecule has 2 aromatic carbocycles. The van der Waals surface area contributed by atoms with Gasteiger partial charge in [-0.3, -0.25) is 4.79 Å². The number of hydrogen-bond donors (Lipinski definition) is 2. The van der Waals surface area contributed by atoms with E-state index in [1.165, 1.54) is 4.90 Å². The number of rotatable bonds is 4. The van der Waals surface area contributed by atoms with Gasteiger partial charge in [-0.1, -0.05) is 12.1 Å². The summed E-state index contributed by atoms with van der Waals surface area (Å²) in [6, 6.07) is 8.95. The summed E-state index contributed by atoms with van der Waals surface area (Å²) < 4.78 is 32.2. The molecule has 142 valence electrons. The van der Waals surface area contributed by atoms with Crippen molar-refractivity contribution in [2.45, 2.75) is 12.8 Å². The van der Waals surface area contributed by atoms with E-state index < -0.39 is 23.5 Å². The number of hydrogen-bond acceptors (Lipinski definition) is 3. The number of anilines is 1. The SMILES string of the molecule is O=C(O)C1CCN(C(=O)Nc2ccccc2Oc2cc(F)cc(F)c2)CC1. The number of halogens is 2. The summed E-state index contributed by atoms with van der Waals surface area (Å²) in [5.41, 5.74) is 0.340. The third kappa shape index (κ3) is 4.72. The average molecular weight is 376 g/mol. The Morgan fingerprint density at radius 2 is 1.70 bits per heavy atom. The van der Waals surface area contributed by atoms with Crippen LogP contribution in [0.15, 0.2) is 42.5 Å². The maximum atomic E-state index is 13.3. The van der Waals surface area contributed by atoms with Crippen molar-refractivity contribution in [2.75, 3.05) is 18.4 Å². The molecule has 0 saturated carbocycles. The van der Waals surface area contributed by atoms with Crippen LogP contribution in [0.3, 0.4) is 0 Å². The number of carbonyl (C=O) groups is 2. The molecule has 6 nitrogen and oxygen atoms in total. The lowest BCUT2D eigenvalue weighted by molar-refractivity contribution is -0.143. The lowest BCUT2D eigenvalue weighted by Crippen LogP contribution is -2.42. The van der Waals surface area contributed by atoms with Crippen molar-refractivity contribution >= 4 is 17.7 Å². The Morgan fingerprint density at radius 1 is 1.07 bits per heavy atom. The molecule has 2 aromatic rings. The minimum atomic E-state index is -0.851. The second-order valence-electron chi connectivity index (χ2n) is 6.23. The van der Waals surface area contributed by atoms with Crippen molar-refractivity contribution in [3.63, 3.8) is 0 Å². The highest BCUT2D eigenvalue weighted by Crippen LogP contribution is 2.30. The van der Waals surface area contributed by atoms with E-state index in [1.807, 2.05) is 0 Å². The van der Waals surface area contributed by atoms with E-state index in [0.717, 1.165) is 18.2 Å². The van der Waals surface area contributed by atoms with Gasteiger partial charge in [0.2, 0.25) is 0 Å². The number of piperidine rings is 1. The maximum Gasteiger partial charge on any atom is 0.321 e. The highest BCUT2D eigenvalue weighted by Gasteiger charge is 2.27. The van der Waals surface area contributed by atoms with Crippen LogP contribution in [0.1, 0.15) is 12.8 Å². The second kappa shape index (κ2) is 8.03. The van der Waals surface area contributed by atoms with Gasteiger partial charge in [0.05, 0.1) is 11.6 Å². The summed E-state index contributed by atoms with van der Waals surface area (Å²) in [5.74, 6) is -2.63. The van der Waals surface area contributed by atoms with E-state index in [4.69, 9.17) is 9.84 Å². The third-order valence-electron chi connectivity index (χ3n) is 4.32. The van der Waals surface area contributed by atoms with Gasteiger partial charge >= 0.3 is 12.0 Å². The van der Waals surface area contributed by atoms with Crippen LogP contribution in [-0.2, 0) is 4.79 Å². The van der Waals surface area contributed by atoms with E-state index in [9.17, 15) is 18.4 Å². The fraction of sp³-hybridized carbons (Fsp3) is 0.263. The molecular formula is C19H18F2N2O4. The number of amides is 2. The summed E-state index contributed by atoms with van der Waals surface area (Å²) >= 11 is 0. The zero-order chi connectivity index (χ0) is 19.4. The fourth-order valence-electron chi connectivity index (χ4n) is 2.90. The van der Waals surface area contributed by atoms with Crippen molar-refractivity contribution in [3.05, 3.63) is 54.1 Å². The van der Waals surface area contributed by atoms with Gasteiger partial charge in [-0.15, -0.1) is 0 Å². The van der Waals surface area contributed by atoms with Crippen LogP contribution < -0.4 is 10.1 Å². The number of nitrogens with one attached hydrogen (secondary N) is 1. The zero-order valence-electron chi connectivity index (χ0n) is 14.3. The average Bonchev–Trinajstić information content (AvgIpc) is 2.62. The Hall–Kier alpha value is -3.16. The predicted octanol–water partition coefficient (Wildman–Crippen LogP) is 4.09. The van der Waals surface area contributed by atoms with Crippen LogP contribution in [0.4, 0.5) is 19.3 Å². The number of carboxylic acids is 1. The number of carboxylic acid groups (broad SMARTS) is 1. The Bertz CT molecular complexity index is 831. The van der Waals surface area contributed by atoms with E-state index in [0.29, 0.717) is 31.6 Å². The van der Waals surface area contributed by atoms with Crippen molar-refractivity contribution < 1.29 is 28.2 Å². The molecule has 0 atom stereocenters. The van der Waals surface area contributed by atoms with Gasteiger partial charge in [-0.2, -0.15) is 0 Å². The molecule has 1 fully saturated rings. The molecule has 3 rings (SSSR count). The van der Waals surface area contributed by atoms with Gasteiger partial charge in [-0.05, 0) is 25.0 Å². The first kappa shape index (κ1) is 18.6. The molecule has 2 N–H and O–H groups in total. The number of aliphatic carboxylic acids is 1. The number of nitrogens with zero attached hydrogens (tertiary/aromatic N) is 1. The zero-order valence-corrected chi connectivity index (χ0v) is 14.3. The van der Waals surface area contributed by atoms with Gasteiger partial charge in [0, 0.05) is 31.3 Å². The van der Waals surface area contributed by atoms with Gasteiger partial charge in [-0.25, -0.2) is 13.6 Å². The topological polar surface area (TPSA) is 78.9 Å². The summed E-state index contributed by atoms with van der Waals surface area (Å²) in [7, 11) is 0. The highest BCUT2D eigenvalue weighted by molar-refractivity contribution is 5.91. The molecule has 0 aromatic heterocycles. The van der Waals surface area contributed by atoms with Crippen LogP contribution in [-0.4, -0.2) is 35.1 Å². The van der Waals surface area contributed by atoms with E-state index in [-0.39, 0.29) is 17.5 Å². The Morgan fingerprint density at radius 3 is 2.33 bits per heavy atom. The number of ether oxygens (including phenoxy) is 1. The smallest absolute Gasteiger partial charge is 0.321 e. The lowest BCUT2D eigenvalue weighted by atomic mass is 9.97. The monoisotopic (exact) mass is 376 g/mol. The normalized spacial score (nSPS) is 14.7. The Labute approximate surface area is 154 Å². The number of para-hydroxylation sites is 2. The van der Waals surface area contributed by atoms with Gasteiger partial charge < -0.3 is 20.1 Å². The van der Waals surface area contributed by atoms with Gasteiger partial charge in [0.1, 0.15) is 17.4 Å². The molecule has 0 unspecified atom stereocenters. The minimum Gasteiger partial charge on any atom is -0.481 e. The number of benzene rings is 2. The second-order valence-corrected chi connectivity index (χ2v) is 6.23. The number of carbonyl (C=O) groups excluding carboxylic acids is 1. The summed E-state index contributed by atoms with van der Waals surface area (Å²) in [6.45, 7) is 0.669. The van der Waals surface area contributed by atoms with Crippen molar-refractivity contribution in [3.8, 4) is 11.5 Å². The van der Waals surface area contributed by atoms with E-state index in [2.05, 4.69) is 5.32 Å². The van der Waals surface area contributed by atoms with E-state index >= 15 is 0 Å². The highest BCUT2D eigenvalue weighted by atomic mass is 19.1. The molecule has 8 heteroatoms. The summed E-state index contributed by atoms with van der Waals surface area (Å²) in [6.07, 6.45) is 0.785. The standard InChI is InChI=1S/C19H18F2N2O4/c20-13-9-14(21)11-15(10-13)27-17-4-2-1-3-16(17)22-19(26)23-7-5-12(6-8-23)18(24)25/h1-4,9-12H,5-8H2,(H,22,26)(H,24,25). The molecule has 0 spiro atoms. The predicted molar refractivity (Wildman–Crippen MR) is 93.8 cm³/mol. The molecular weight excluding hydrogens is 358 g/mol. The number of urea groups is 1. The quantitative estimate of drug-likeness (QED) is 0.843. The molecule has 1 aliphatic rings. The molecule has 1 heterocycles. The molecule has 1 saturated heterocycles. The van der Waals surface area contributed by atoms with Crippen LogP contribution in [0.2, 0.25) is 0 Å². The van der Waals surface area contributed by atoms with Crippen LogP contribution in [0.25, 0.3) is 0 Å². The molecule has 0 radical (unpaired) electrons. The first-order valence-corrected chi connectivity index (χ1v) is 8.44. The van der Waals surface area contributed by atoms with Crippen LogP contribution >= 0.6 is 0 Å². The molecule has 2 amide bonds. The fourth-order valence-corrected chi connectivity index (χ4v) is 2.90. The Balaban J connectivity index is 1.69. The largest absolute Gasteiger partial charge is 0.481 e. The van der Waals surface area contributed by atoms with Crippen molar-refractivity contribution in [1.82, 2.24) is 4.90 Å². The molecule has 0 bridgehead atoms. The van der Waals surface area contributed by atoms with Crippen molar-refractivity contribution in [2.24, 2.45) is 5.92 Å². The van der Waals surface area contributed by atoms with Crippen LogP contribution in [0, 0.1) is 17.6 Å². The molecule has 0 aliphatic carbocycles. The summed E-state index contributed by atoms with van der Waals surface area (Å²) in [5, 5.41) is 11.7. The molecule has 1 aliphatic heterocycles. The summed E-state index contributed by atoms with van der Waals surface area (Å²) in [4.78, 5) is 25.0.